The molecule has 8 heteroatoms. The highest BCUT2D eigenvalue weighted by molar-refractivity contribution is 7.99. The van der Waals surface area contributed by atoms with E-state index < -0.39 is 5.97 Å². The number of aliphatic carboxylic acids is 1. The van der Waals surface area contributed by atoms with Crippen LogP contribution in [-0.4, -0.2) is 53.2 Å². The summed E-state index contributed by atoms with van der Waals surface area (Å²) in [5.74, 6) is 0.241. The largest absolute Gasteiger partial charge is 0.496 e. The molecule has 1 heterocycles. The van der Waals surface area contributed by atoms with Gasteiger partial charge in [0.15, 0.2) is 5.82 Å². The number of carboxylic acids is 1. The van der Waals surface area contributed by atoms with E-state index in [1.54, 1.807) is 7.11 Å². The van der Waals surface area contributed by atoms with E-state index in [9.17, 15) is 4.79 Å². The van der Waals surface area contributed by atoms with E-state index in [1.807, 2.05) is 37.2 Å². The van der Waals surface area contributed by atoms with Gasteiger partial charge in [-0.3, -0.25) is 9.89 Å². The van der Waals surface area contributed by atoms with Gasteiger partial charge in [-0.1, -0.05) is 11.8 Å². The molecule has 2 rings (SSSR count). The van der Waals surface area contributed by atoms with Crippen LogP contribution in [0.2, 0.25) is 0 Å². The van der Waals surface area contributed by atoms with Gasteiger partial charge in [-0.2, -0.15) is 0 Å². The van der Waals surface area contributed by atoms with Crippen molar-refractivity contribution in [1.82, 2.24) is 15.2 Å². The van der Waals surface area contributed by atoms with Crippen LogP contribution in [0.3, 0.4) is 0 Å². The number of hydrogen-bond donors (Lipinski definition) is 2. The monoisotopic (exact) mass is 308 g/mol. The summed E-state index contributed by atoms with van der Waals surface area (Å²) in [7, 11) is 5.49. The summed E-state index contributed by atoms with van der Waals surface area (Å²) in [4.78, 5) is 16.8. The Bertz CT molecular complexity index is 642. The summed E-state index contributed by atoms with van der Waals surface area (Å²) in [5.41, 5.74) is 1.79. The number of aromatic nitrogens is 3. The maximum Gasteiger partial charge on any atom is 0.313 e. The molecule has 0 saturated heterocycles. The van der Waals surface area contributed by atoms with Crippen molar-refractivity contribution in [3.05, 3.63) is 18.2 Å². The molecule has 0 unspecified atom stereocenters. The Hall–Kier alpha value is -2.22. The zero-order chi connectivity index (χ0) is 15.4. The minimum absolute atomic E-state index is 0.0754. The van der Waals surface area contributed by atoms with Crippen molar-refractivity contribution in [3.8, 4) is 17.1 Å². The Kier molecular flexibility index (Phi) is 4.69. The molecule has 0 aliphatic heterocycles. The lowest BCUT2D eigenvalue weighted by molar-refractivity contribution is -0.133. The highest BCUT2D eigenvalue weighted by atomic mass is 32.2. The fraction of sp³-hybridized carbons (Fsp3) is 0.308. The van der Waals surface area contributed by atoms with Crippen molar-refractivity contribution in [2.75, 3.05) is 31.9 Å². The van der Waals surface area contributed by atoms with E-state index >= 15 is 0 Å². The van der Waals surface area contributed by atoms with Gasteiger partial charge in [0.05, 0.1) is 18.4 Å². The summed E-state index contributed by atoms with van der Waals surface area (Å²) < 4.78 is 5.38. The maximum absolute atomic E-state index is 10.5. The molecule has 0 aliphatic rings. The SMILES string of the molecule is COc1cc(N(C)C)ccc1-c1nc(SCC(=O)O)n[nH]1. The van der Waals surface area contributed by atoms with Gasteiger partial charge in [0.1, 0.15) is 5.75 Å². The number of ether oxygens (including phenoxy) is 1. The molecular weight excluding hydrogens is 292 g/mol. The van der Waals surface area contributed by atoms with Gasteiger partial charge in [-0.25, -0.2) is 4.98 Å². The van der Waals surface area contributed by atoms with Crippen LogP contribution in [0.5, 0.6) is 5.75 Å². The zero-order valence-electron chi connectivity index (χ0n) is 12.0. The molecule has 0 bridgehead atoms. The van der Waals surface area contributed by atoms with Gasteiger partial charge in [0.2, 0.25) is 5.16 Å². The number of carbonyl (C=O) groups is 1. The summed E-state index contributed by atoms with van der Waals surface area (Å²) in [6, 6.07) is 5.74. The smallest absolute Gasteiger partial charge is 0.313 e. The van der Waals surface area contributed by atoms with Crippen molar-refractivity contribution in [3.63, 3.8) is 0 Å². The van der Waals surface area contributed by atoms with Crippen LogP contribution in [-0.2, 0) is 4.79 Å². The van der Waals surface area contributed by atoms with E-state index in [4.69, 9.17) is 9.84 Å². The lowest BCUT2D eigenvalue weighted by atomic mass is 10.1. The molecule has 21 heavy (non-hydrogen) atoms. The fourth-order valence-corrected chi connectivity index (χ4v) is 2.23. The second-order valence-electron chi connectivity index (χ2n) is 4.43. The number of rotatable bonds is 6. The van der Waals surface area contributed by atoms with Gasteiger partial charge < -0.3 is 14.7 Å². The standard InChI is InChI=1S/C13H16N4O3S/c1-17(2)8-4-5-9(10(6-8)20-3)12-14-13(16-15-12)21-7-11(18)19/h4-6H,7H2,1-3H3,(H,18,19)(H,14,15,16). The third-order valence-electron chi connectivity index (χ3n) is 2.75. The third kappa shape index (κ3) is 3.66. The molecule has 2 N–H and O–H groups in total. The summed E-state index contributed by atoms with van der Waals surface area (Å²) in [6.45, 7) is 0. The van der Waals surface area contributed by atoms with Crippen molar-refractivity contribution >= 4 is 23.4 Å². The molecule has 7 nitrogen and oxygen atoms in total. The average Bonchev–Trinajstić information content (AvgIpc) is 2.93. The van der Waals surface area contributed by atoms with Crippen LogP contribution >= 0.6 is 11.8 Å². The first kappa shape index (κ1) is 15.2. The van der Waals surface area contributed by atoms with Crippen LogP contribution in [0.25, 0.3) is 11.4 Å². The minimum Gasteiger partial charge on any atom is -0.496 e. The molecule has 112 valence electrons. The van der Waals surface area contributed by atoms with E-state index in [0.717, 1.165) is 23.0 Å². The fourth-order valence-electron chi connectivity index (χ4n) is 1.71. The number of anilines is 1. The molecule has 1 aromatic carbocycles. The van der Waals surface area contributed by atoms with E-state index in [0.29, 0.717) is 16.7 Å². The molecule has 0 saturated carbocycles. The van der Waals surface area contributed by atoms with Crippen molar-refractivity contribution in [2.45, 2.75) is 5.16 Å². The lowest BCUT2D eigenvalue weighted by Crippen LogP contribution is -2.08. The van der Waals surface area contributed by atoms with Crippen LogP contribution in [0.15, 0.2) is 23.4 Å². The highest BCUT2D eigenvalue weighted by Crippen LogP contribution is 2.31. The molecule has 0 aliphatic carbocycles. The number of nitrogens with zero attached hydrogens (tertiary/aromatic N) is 3. The van der Waals surface area contributed by atoms with Crippen LogP contribution in [0, 0.1) is 0 Å². The topological polar surface area (TPSA) is 91.3 Å². The second kappa shape index (κ2) is 6.49. The molecular formula is C13H16N4O3S. The Morgan fingerprint density at radius 3 is 2.86 bits per heavy atom. The number of hydrogen-bond acceptors (Lipinski definition) is 6. The summed E-state index contributed by atoms with van der Waals surface area (Å²) in [5, 5.41) is 15.8. The Labute approximate surface area is 126 Å². The predicted octanol–water partition coefficient (Wildman–Crippen LogP) is 1.72. The minimum atomic E-state index is -0.903. The van der Waals surface area contributed by atoms with Gasteiger partial charge in [0.25, 0.3) is 0 Å². The van der Waals surface area contributed by atoms with Crippen molar-refractivity contribution < 1.29 is 14.6 Å². The van der Waals surface area contributed by atoms with Gasteiger partial charge >= 0.3 is 5.97 Å². The molecule has 0 spiro atoms. The van der Waals surface area contributed by atoms with Crippen molar-refractivity contribution in [1.29, 1.82) is 0 Å². The number of H-pyrrole nitrogens is 1. The summed E-state index contributed by atoms with van der Waals surface area (Å²) in [6.07, 6.45) is 0. The third-order valence-corrected chi connectivity index (χ3v) is 3.58. The molecule has 1 aromatic heterocycles. The summed E-state index contributed by atoms with van der Waals surface area (Å²) >= 11 is 1.06. The Morgan fingerprint density at radius 1 is 1.48 bits per heavy atom. The van der Waals surface area contributed by atoms with Gasteiger partial charge in [-0.15, -0.1) is 5.10 Å². The average molecular weight is 308 g/mol. The predicted molar refractivity (Wildman–Crippen MR) is 81.1 cm³/mol. The lowest BCUT2D eigenvalue weighted by Gasteiger charge is -2.15. The van der Waals surface area contributed by atoms with E-state index in [2.05, 4.69) is 15.2 Å². The first-order chi connectivity index (χ1) is 10.0. The number of methoxy groups -OCH3 is 1. The molecule has 0 amide bonds. The molecule has 0 atom stereocenters. The van der Waals surface area contributed by atoms with Gasteiger partial charge in [-0.05, 0) is 12.1 Å². The number of nitrogens with one attached hydrogen (secondary N) is 1. The van der Waals surface area contributed by atoms with Crippen LogP contribution < -0.4 is 9.64 Å². The Balaban J connectivity index is 2.27. The number of thioether (sulfide) groups is 1. The maximum atomic E-state index is 10.5. The zero-order valence-corrected chi connectivity index (χ0v) is 12.8. The second-order valence-corrected chi connectivity index (χ2v) is 5.37. The number of benzene rings is 1. The van der Waals surface area contributed by atoms with Crippen LogP contribution in [0.4, 0.5) is 5.69 Å². The normalized spacial score (nSPS) is 10.4. The van der Waals surface area contributed by atoms with E-state index in [-0.39, 0.29) is 5.75 Å². The first-order valence-corrected chi connectivity index (χ1v) is 7.12. The highest BCUT2D eigenvalue weighted by Gasteiger charge is 2.13. The molecule has 2 aromatic rings. The van der Waals surface area contributed by atoms with Gasteiger partial charge in [0, 0.05) is 25.8 Å². The first-order valence-electron chi connectivity index (χ1n) is 6.14. The van der Waals surface area contributed by atoms with E-state index in [1.165, 1.54) is 0 Å². The molecule has 0 radical (unpaired) electrons. The Morgan fingerprint density at radius 2 is 2.24 bits per heavy atom. The van der Waals surface area contributed by atoms with Crippen molar-refractivity contribution in [2.24, 2.45) is 0 Å². The molecule has 0 fully saturated rings. The number of aromatic amines is 1. The quantitative estimate of drug-likeness (QED) is 0.785. The van der Waals surface area contributed by atoms with Crippen LogP contribution in [0.1, 0.15) is 0 Å². The number of carboxylic acid groups (broad SMARTS) is 1.